The van der Waals surface area contributed by atoms with Crippen molar-refractivity contribution in [3.63, 3.8) is 0 Å². The van der Waals surface area contributed by atoms with Crippen LogP contribution < -0.4 is 4.90 Å². The Hall–Kier alpha value is -0.700. The molecule has 1 radical (unpaired) electrons. The summed E-state index contributed by atoms with van der Waals surface area (Å²) in [5.74, 6) is 3.42. The highest BCUT2D eigenvalue weighted by Gasteiger charge is 2.10. The van der Waals surface area contributed by atoms with Gasteiger partial charge in [-0.15, -0.1) is 0 Å². The van der Waals surface area contributed by atoms with Crippen LogP contribution in [0.3, 0.4) is 0 Å². The number of hydrogen-bond acceptors (Lipinski definition) is 3. The zero-order valence-electron chi connectivity index (χ0n) is 6.86. The summed E-state index contributed by atoms with van der Waals surface area (Å²) in [6.45, 7) is 2.22. The molecule has 0 unspecified atom stereocenters. The zero-order chi connectivity index (χ0) is 8.23. The van der Waals surface area contributed by atoms with Crippen LogP contribution in [0, 0.1) is 6.07 Å². The summed E-state index contributed by atoms with van der Waals surface area (Å²) in [6, 6.07) is 6.97. The first-order valence-electron chi connectivity index (χ1n) is 4.12. The Morgan fingerprint density at radius 2 is 2.25 bits per heavy atom. The van der Waals surface area contributed by atoms with Crippen LogP contribution in [0.25, 0.3) is 0 Å². The van der Waals surface area contributed by atoms with Gasteiger partial charge in [0.25, 0.3) is 0 Å². The number of pyridine rings is 1. The van der Waals surface area contributed by atoms with Crippen molar-refractivity contribution in [2.45, 2.75) is 0 Å². The van der Waals surface area contributed by atoms with Gasteiger partial charge < -0.3 is 4.90 Å². The first-order valence-corrected chi connectivity index (χ1v) is 5.28. The average Bonchev–Trinajstić information content (AvgIpc) is 2.21. The number of nitrogens with zero attached hydrogens (tertiary/aromatic N) is 2. The van der Waals surface area contributed by atoms with Crippen molar-refractivity contribution < 1.29 is 0 Å². The quantitative estimate of drug-likeness (QED) is 0.649. The molecule has 2 rings (SSSR count). The Morgan fingerprint density at radius 3 is 2.92 bits per heavy atom. The van der Waals surface area contributed by atoms with E-state index in [0.717, 1.165) is 18.9 Å². The second kappa shape index (κ2) is 3.81. The molecule has 12 heavy (non-hydrogen) atoms. The Labute approximate surface area is 77.0 Å². The van der Waals surface area contributed by atoms with Gasteiger partial charge in [0, 0.05) is 36.9 Å². The molecule has 0 aliphatic carbocycles. The zero-order valence-corrected chi connectivity index (χ0v) is 7.68. The second-order valence-electron chi connectivity index (χ2n) is 2.70. The molecule has 0 atom stereocenters. The first-order chi connectivity index (χ1) is 5.97. The molecule has 2 nitrogen and oxygen atoms in total. The smallest absolute Gasteiger partial charge is 0.136 e. The molecule has 0 spiro atoms. The molecule has 2 heterocycles. The van der Waals surface area contributed by atoms with Gasteiger partial charge in [-0.2, -0.15) is 11.8 Å². The lowest BCUT2D eigenvalue weighted by atomic mass is 10.4. The third kappa shape index (κ3) is 1.72. The van der Waals surface area contributed by atoms with Crippen molar-refractivity contribution >= 4 is 17.6 Å². The third-order valence-corrected chi connectivity index (χ3v) is 2.84. The largest absolute Gasteiger partial charge is 0.354 e. The molecule has 0 amide bonds. The maximum absolute atomic E-state index is 4.26. The van der Waals surface area contributed by atoms with Gasteiger partial charge in [0.1, 0.15) is 5.82 Å². The van der Waals surface area contributed by atoms with E-state index >= 15 is 0 Å². The van der Waals surface area contributed by atoms with E-state index in [1.165, 1.54) is 11.5 Å². The lowest BCUT2D eigenvalue weighted by molar-refractivity contribution is 0.838. The van der Waals surface area contributed by atoms with Crippen LogP contribution in [0.2, 0.25) is 0 Å². The summed E-state index contributed by atoms with van der Waals surface area (Å²) in [6.07, 6.45) is 1.83. The normalized spacial score (nSPS) is 17.8. The van der Waals surface area contributed by atoms with Crippen molar-refractivity contribution in [1.29, 1.82) is 0 Å². The van der Waals surface area contributed by atoms with Crippen molar-refractivity contribution in [1.82, 2.24) is 4.98 Å². The van der Waals surface area contributed by atoms with Crippen molar-refractivity contribution in [2.24, 2.45) is 0 Å². The molecule has 3 heteroatoms. The van der Waals surface area contributed by atoms with Gasteiger partial charge in [-0.3, -0.25) is 0 Å². The van der Waals surface area contributed by atoms with Crippen LogP contribution in [-0.4, -0.2) is 29.6 Å². The van der Waals surface area contributed by atoms with Gasteiger partial charge in [-0.25, -0.2) is 4.98 Å². The van der Waals surface area contributed by atoms with Crippen molar-refractivity contribution in [3.05, 3.63) is 24.4 Å². The van der Waals surface area contributed by atoms with Crippen LogP contribution >= 0.6 is 11.8 Å². The lowest BCUT2D eigenvalue weighted by Crippen LogP contribution is -2.32. The first kappa shape index (κ1) is 7.92. The summed E-state index contributed by atoms with van der Waals surface area (Å²) in [5, 5.41) is 0. The monoisotopic (exact) mass is 179 g/mol. The van der Waals surface area contributed by atoms with E-state index in [9.17, 15) is 0 Å². The lowest BCUT2D eigenvalue weighted by Gasteiger charge is -2.26. The molecule has 1 aromatic heterocycles. The molecule has 0 bridgehead atoms. The Balaban J connectivity index is 2.08. The minimum atomic E-state index is 0.998. The van der Waals surface area contributed by atoms with Crippen molar-refractivity contribution in [2.75, 3.05) is 29.5 Å². The maximum Gasteiger partial charge on any atom is 0.136 e. The van der Waals surface area contributed by atoms with E-state index in [1.54, 1.807) is 0 Å². The highest BCUT2D eigenvalue weighted by Crippen LogP contribution is 2.15. The fraction of sp³-hybridized carbons (Fsp3) is 0.444. The van der Waals surface area contributed by atoms with E-state index in [2.05, 4.69) is 16.0 Å². The molecule has 1 fully saturated rings. The van der Waals surface area contributed by atoms with Gasteiger partial charge in [0.2, 0.25) is 0 Å². The number of aromatic nitrogens is 1. The Bertz CT molecular complexity index is 232. The van der Waals surface area contributed by atoms with E-state index in [4.69, 9.17) is 0 Å². The fourth-order valence-corrected chi connectivity index (χ4v) is 2.17. The van der Waals surface area contributed by atoms with Crippen LogP contribution in [0.1, 0.15) is 0 Å². The highest BCUT2D eigenvalue weighted by molar-refractivity contribution is 7.99. The third-order valence-electron chi connectivity index (χ3n) is 1.90. The van der Waals surface area contributed by atoms with Crippen LogP contribution in [0.5, 0.6) is 0 Å². The summed E-state index contributed by atoms with van der Waals surface area (Å²) in [7, 11) is 0. The summed E-state index contributed by atoms with van der Waals surface area (Å²) < 4.78 is 0. The van der Waals surface area contributed by atoms with E-state index in [1.807, 2.05) is 30.1 Å². The number of anilines is 1. The molecular formula is C9H11N2S. The predicted molar refractivity (Wildman–Crippen MR) is 52.6 cm³/mol. The minimum absolute atomic E-state index is 0.998. The number of hydrogen-bond donors (Lipinski definition) is 0. The minimum Gasteiger partial charge on any atom is -0.354 e. The highest BCUT2D eigenvalue weighted by atomic mass is 32.2. The van der Waals surface area contributed by atoms with Gasteiger partial charge in [0.05, 0.1) is 0 Å². The summed E-state index contributed by atoms with van der Waals surface area (Å²) in [4.78, 5) is 6.55. The summed E-state index contributed by atoms with van der Waals surface area (Å²) in [5.41, 5.74) is 0. The topological polar surface area (TPSA) is 16.1 Å². The van der Waals surface area contributed by atoms with Gasteiger partial charge in [0.15, 0.2) is 0 Å². The SMILES string of the molecule is [c]1cccnc1N1CCSCC1. The molecule has 1 aromatic rings. The molecule has 1 saturated heterocycles. The van der Waals surface area contributed by atoms with Gasteiger partial charge >= 0.3 is 0 Å². The van der Waals surface area contributed by atoms with Crippen molar-refractivity contribution in [3.8, 4) is 0 Å². The molecule has 0 aromatic carbocycles. The van der Waals surface area contributed by atoms with E-state index in [0.29, 0.717) is 0 Å². The standard InChI is InChI=1S/C9H11N2S/c1-2-4-10-9(3-1)11-5-7-12-8-6-11/h1-2,4H,5-8H2. The van der Waals surface area contributed by atoms with Crippen LogP contribution in [-0.2, 0) is 0 Å². The molecule has 0 saturated carbocycles. The molecule has 63 valence electrons. The Morgan fingerprint density at radius 1 is 1.42 bits per heavy atom. The molecule has 1 aliphatic heterocycles. The number of thioether (sulfide) groups is 1. The molecule has 1 aliphatic rings. The molecular weight excluding hydrogens is 168 g/mol. The van der Waals surface area contributed by atoms with Crippen LogP contribution in [0.4, 0.5) is 5.82 Å². The predicted octanol–water partition coefficient (Wildman–Crippen LogP) is 1.43. The maximum atomic E-state index is 4.26. The Kier molecular flexibility index (Phi) is 2.51. The van der Waals surface area contributed by atoms with Gasteiger partial charge in [-0.05, 0) is 12.1 Å². The second-order valence-corrected chi connectivity index (χ2v) is 3.93. The summed E-state index contributed by atoms with van der Waals surface area (Å²) >= 11 is 2.01. The van der Waals surface area contributed by atoms with Gasteiger partial charge in [-0.1, -0.05) is 0 Å². The number of rotatable bonds is 1. The fourth-order valence-electron chi connectivity index (χ4n) is 1.26. The average molecular weight is 179 g/mol. The van der Waals surface area contributed by atoms with E-state index in [-0.39, 0.29) is 0 Å². The van der Waals surface area contributed by atoms with E-state index < -0.39 is 0 Å². The molecule has 0 N–H and O–H groups in total. The van der Waals surface area contributed by atoms with Crippen LogP contribution in [0.15, 0.2) is 18.3 Å².